The molecular formula is C19H17ClN2O5. The maximum absolute atomic E-state index is 12.0. The second kappa shape index (κ2) is 7.67. The molecule has 0 atom stereocenters. The molecule has 140 valence electrons. The lowest BCUT2D eigenvalue weighted by molar-refractivity contribution is -0.138. The number of rotatable bonds is 5. The molecule has 0 bridgehead atoms. The van der Waals surface area contributed by atoms with Crippen molar-refractivity contribution in [2.75, 3.05) is 7.11 Å². The van der Waals surface area contributed by atoms with Gasteiger partial charge in [-0.1, -0.05) is 11.6 Å². The van der Waals surface area contributed by atoms with Crippen molar-refractivity contribution in [1.29, 1.82) is 0 Å². The summed E-state index contributed by atoms with van der Waals surface area (Å²) in [5.74, 6) is -0.00401. The fourth-order valence-corrected chi connectivity index (χ4v) is 2.88. The lowest BCUT2D eigenvalue weighted by Crippen LogP contribution is -2.05. The van der Waals surface area contributed by atoms with Crippen LogP contribution in [0.2, 0.25) is 5.15 Å². The number of esters is 1. The molecule has 0 saturated carbocycles. The minimum atomic E-state index is -0.566. The van der Waals surface area contributed by atoms with Crippen LogP contribution in [0.25, 0.3) is 17.0 Å². The second-order valence-electron chi connectivity index (χ2n) is 5.81. The molecule has 1 aromatic carbocycles. The third kappa shape index (κ3) is 4.03. The molecule has 7 nitrogen and oxygen atoms in total. The lowest BCUT2D eigenvalue weighted by Gasteiger charge is -2.07. The number of benzene rings is 1. The number of ether oxygens (including phenoxy) is 2. The van der Waals surface area contributed by atoms with Gasteiger partial charge in [0.1, 0.15) is 23.1 Å². The van der Waals surface area contributed by atoms with Crippen LogP contribution >= 0.6 is 11.6 Å². The minimum absolute atomic E-state index is 0.0721. The van der Waals surface area contributed by atoms with Gasteiger partial charge >= 0.3 is 11.6 Å². The molecule has 0 aliphatic carbocycles. The van der Waals surface area contributed by atoms with Gasteiger partial charge in [-0.3, -0.25) is 4.68 Å². The molecule has 0 amide bonds. The van der Waals surface area contributed by atoms with Gasteiger partial charge in [0, 0.05) is 41.8 Å². The molecule has 0 aliphatic rings. The number of fused-ring (bicyclic) bond motifs is 1. The smallest absolute Gasteiger partial charge is 0.336 e. The van der Waals surface area contributed by atoms with Crippen LogP contribution in [0.5, 0.6) is 5.75 Å². The Kier molecular flexibility index (Phi) is 5.32. The van der Waals surface area contributed by atoms with Gasteiger partial charge in [-0.2, -0.15) is 5.10 Å². The van der Waals surface area contributed by atoms with E-state index >= 15 is 0 Å². The summed E-state index contributed by atoms with van der Waals surface area (Å²) in [7, 11) is 3.24. The van der Waals surface area contributed by atoms with E-state index in [0.717, 1.165) is 0 Å². The Morgan fingerprint density at radius 3 is 2.81 bits per heavy atom. The summed E-state index contributed by atoms with van der Waals surface area (Å²) in [6.07, 6.45) is 2.82. The molecule has 0 N–H and O–H groups in total. The first-order chi connectivity index (χ1) is 12.9. The van der Waals surface area contributed by atoms with Gasteiger partial charge in [-0.15, -0.1) is 0 Å². The van der Waals surface area contributed by atoms with Crippen LogP contribution in [0.15, 0.2) is 39.6 Å². The predicted molar refractivity (Wildman–Crippen MR) is 101 cm³/mol. The highest BCUT2D eigenvalue weighted by Gasteiger charge is 2.11. The van der Waals surface area contributed by atoms with Crippen LogP contribution in [-0.4, -0.2) is 22.9 Å². The average molecular weight is 389 g/mol. The summed E-state index contributed by atoms with van der Waals surface area (Å²) in [5.41, 5.74) is 1.72. The molecule has 27 heavy (non-hydrogen) atoms. The largest absolute Gasteiger partial charge is 0.497 e. The third-order valence-electron chi connectivity index (χ3n) is 3.99. The van der Waals surface area contributed by atoms with Crippen molar-refractivity contribution < 1.29 is 18.7 Å². The zero-order valence-electron chi connectivity index (χ0n) is 15.0. The molecule has 8 heteroatoms. The van der Waals surface area contributed by atoms with Crippen LogP contribution < -0.4 is 10.4 Å². The summed E-state index contributed by atoms with van der Waals surface area (Å²) in [4.78, 5) is 23.8. The standard InChI is InChI=1S/C19H17ClN2O5/c1-11-14(19(20)22(2)21-11)6-7-17(23)26-10-12-8-18(24)27-16-9-13(25-3)4-5-15(12)16/h4-9H,10H2,1-3H3/b7-6+. The van der Waals surface area contributed by atoms with Gasteiger partial charge in [0.15, 0.2) is 0 Å². The van der Waals surface area contributed by atoms with Gasteiger partial charge in [0.2, 0.25) is 0 Å². The Morgan fingerprint density at radius 1 is 1.37 bits per heavy atom. The van der Waals surface area contributed by atoms with E-state index in [-0.39, 0.29) is 6.61 Å². The van der Waals surface area contributed by atoms with Crippen LogP contribution in [0.4, 0.5) is 0 Å². The number of aryl methyl sites for hydroxylation is 2. The van der Waals surface area contributed by atoms with Crippen molar-refractivity contribution in [2.24, 2.45) is 7.05 Å². The van der Waals surface area contributed by atoms with Crippen molar-refractivity contribution in [2.45, 2.75) is 13.5 Å². The third-order valence-corrected chi connectivity index (χ3v) is 4.44. The Labute approximate surface area is 159 Å². The van der Waals surface area contributed by atoms with Gasteiger partial charge in [-0.25, -0.2) is 9.59 Å². The van der Waals surface area contributed by atoms with Gasteiger partial charge < -0.3 is 13.9 Å². The Balaban J connectivity index is 1.77. The van der Waals surface area contributed by atoms with Crippen molar-refractivity contribution in [3.05, 3.63) is 62.7 Å². The van der Waals surface area contributed by atoms with Crippen molar-refractivity contribution >= 4 is 34.6 Å². The Hall–Kier alpha value is -3.06. The minimum Gasteiger partial charge on any atom is -0.497 e. The number of carbonyl (C=O) groups is 1. The summed E-state index contributed by atoms with van der Waals surface area (Å²) in [6, 6.07) is 6.39. The quantitative estimate of drug-likeness (QED) is 0.379. The zero-order chi connectivity index (χ0) is 19.6. The number of hydrogen-bond donors (Lipinski definition) is 0. The van der Waals surface area contributed by atoms with E-state index in [1.807, 2.05) is 0 Å². The summed E-state index contributed by atoms with van der Waals surface area (Å²) < 4.78 is 17.1. The van der Waals surface area contributed by atoms with E-state index in [9.17, 15) is 9.59 Å². The first-order valence-corrected chi connectivity index (χ1v) is 8.41. The number of methoxy groups -OCH3 is 1. The molecule has 0 fully saturated rings. The van der Waals surface area contributed by atoms with E-state index in [2.05, 4.69) is 5.10 Å². The van der Waals surface area contributed by atoms with Crippen LogP contribution in [0.1, 0.15) is 16.8 Å². The fourth-order valence-electron chi connectivity index (χ4n) is 2.64. The van der Waals surface area contributed by atoms with Gasteiger partial charge in [0.25, 0.3) is 0 Å². The number of halogens is 1. The van der Waals surface area contributed by atoms with Crippen molar-refractivity contribution in [1.82, 2.24) is 9.78 Å². The molecule has 0 radical (unpaired) electrons. The van der Waals surface area contributed by atoms with E-state index < -0.39 is 11.6 Å². The van der Waals surface area contributed by atoms with Crippen molar-refractivity contribution in [3.8, 4) is 5.75 Å². The molecule has 2 heterocycles. The number of hydrogen-bond acceptors (Lipinski definition) is 6. The molecular weight excluding hydrogens is 372 g/mol. The number of nitrogens with zero attached hydrogens (tertiary/aromatic N) is 2. The molecule has 0 aliphatic heterocycles. The maximum Gasteiger partial charge on any atom is 0.336 e. The Morgan fingerprint density at radius 2 is 2.15 bits per heavy atom. The molecule has 3 rings (SSSR count). The SMILES string of the molecule is COc1ccc2c(COC(=O)/C=C/c3c(C)nn(C)c3Cl)cc(=O)oc2c1. The monoisotopic (exact) mass is 388 g/mol. The summed E-state index contributed by atoms with van der Waals surface area (Å²) in [6.45, 7) is 1.72. The molecule has 2 aromatic heterocycles. The first kappa shape index (κ1) is 18.7. The lowest BCUT2D eigenvalue weighted by atomic mass is 10.1. The van der Waals surface area contributed by atoms with E-state index in [1.54, 1.807) is 38.2 Å². The molecule has 0 saturated heterocycles. The topological polar surface area (TPSA) is 83.6 Å². The maximum atomic E-state index is 12.0. The normalized spacial score (nSPS) is 11.3. The highest BCUT2D eigenvalue weighted by molar-refractivity contribution is 6.31. The molecule has 0 spiro atoms. The number of aromatic nitrogens is 2. The fraction of sp³-hybridized carbons (Fsp3) is 0.211. The highest BCUT2D eigenvalue weighted by Crippen LogP contribution is 2.23. The van der Waals surface area contributed by atoms with Gasteiger partial charge in [-0.05, 0) is 25.1 Å². The first-order valence-electron chi connectivity index (χ1n) is 8.03. The van der Waals surface area contributed by atoms with Crippen LogP contribution in [0.3, 0.4) is 0 Å². The van der Waals surface area contributed by atoms with Crippen LogP contribution in [-0.2, 0) is 23.2 Å². The van der Waals surface area contributed by atoms with E-state index in [4.69, 9.17) is 25.5 Å². The Bertz CT molecular complexity index is 1100. The summed E-state index contributed by atoms with van der Waals surface area (Å²) in [5, 5.41) is 5.26. The van der Waals surface area contributed by atoms with Crippen LogP contribution in [0, 0.1) is 6.92 Å². The van der Waals surface area contributed by atoms with Crippen molar-refractivity contribution in [3.63, 3.8) is 0 Å². The van der Waals surface area contributed by atoms with E-state index in [0.29, 0.717) is 38.7 Å². The van der Waals surface area contributed by atoms with Gasteiger partial charge in [0.05, 0.1) is 12.8 Å². The molecule has 0 unspecified atom stereocenters. The predicted octanol–water partition coefficient (Wildman–Crippen LogP) is 3.25. The zero-order valence-corrected chi connectivity index (χ0v) is 15.7. The second-order valence-corrected chi connectivity index (χ2v) is 6.17. The highest BCUT2D eigenvalue weighted by atomic mass is 35.5. The average Bonchev–Trinajstić information content (AvgIpc) is 2.88. The number of carbonyl (C=O) groups excluding carboxylic acids is 1. The van der Waals surface area contributed by atoms with E-state index in [1.165, 1.54) is 23.9 Å². The summed E-state index contributed by atoms with van der Waals surface area (Å²) >= 11 is 6.12. The molecule has 3 aromatic rings.